The molecule has 1 aromatic carbocycles. The van der Waals surface area contributed by atoms with Crippen LogP contribution in [0.4, 0.5) is 0 Å². The van der Waals surface area contributed by atoms with Crippen molar-refractivity contribution < 1.29 is 8.42 Å². The van der Waals surface area contributed by atoms with E-state index in [0.717, 1.165) is 5.56 Å². The second-order valence-corrected chi connectivity index (χ2v) is 6.26. The summed E-state index contributed by atoms with van der Waals surface area (Å²) in [6.45, 7) is 0. The van der Waals surface area contributed by atoms with E-state index >= 15 is 0 Å². The number of hydrogen-bond acceptors (Lipinski definition) is 3. The van der Waals surface area contributed by atoms with Gasteiger partial charge in [-0.1, -0.05) is 41.9 Å². The van der Waals surface area contributed by atoms with Gasteiger partial charge in [0.2, 0.25) is 0 Å². The Balaban J connectivity index is 2.61. The monoisotopic (exact) mass is 287 g/mol. The third kappa shape index (κ3) is 2.97. The summed E-state index contributed by atoms with van der Waals surface area (Å²) in [5, 5.41) is 0.0311. The highest BCUT2D eigenvalue weighted by atomic mass is 35.7. The molecule has 0 saturated heterocycles. The molecule has 0 N–H and O–H groups in total. The zero-order valence-corrected chi connectivity index (χ0v) is 10.8. The number of benzene rings is 1. The summed E-state index contributed by atoms with van der Waals surface area (Å²) >= 11 is 5.84. The Morgan fingerprint density at radius 2 is 1.71 bits per heavy atom. The maximum Gasteiger partial charge on any atom is 0.278 e. The van der Waals surface area contributed by atoms with Crippen LogP contribution in [0.3, 0.4) is 0 Å². The minimum Gasteiger partial charge on any atom is -0.235 e. The third-order valence-corrected chi connectivity index (χ3v) is 3.49. The molecule has 0 spiro atoms. The molecule has 0 bridgehead atoms. The Labute approximate surface area is 108 Å². The first kappa shape index (κ1) is 12.4. The van der Waals surface area contributed by atoms with Crippen molar-refractivity contribution in [1.82, 2.24) is 4.98 Å². The first-order valence-corrected chi connectivity index (χ1v) is 7.33. The Morgan fingerprint density at radius 1 is 1.06 bits per heavy atom. The van der Waals surface area contributed by atoms with Gasteiger partial charge in [0.25, 0.3) is 9.05 Å². The molecule has 0 aliphatic heterocycles. The Hall–Kier alpha value is -1.10. The summed E-state index contributed by atoms with van der Waals surface area (Å²) in [5.74, 6) is 0. The predicted molar refractivity (Wildman–Crippen MR) is 67.7 cm³/mol. The number of rotatable bonds is 2. The minimum atomic E-state index is -3.88. The molecule has 17 heavy (non-hydrogen) atoms. The predicted octanol–water partition coefficient (Wildman–Crippen LogP) is 3.33. The van der Waals surface area contributed by atoms with Crippen LogP contribution in [0.2, 0.25) is 5.02 Å². The SMILES string of the molecule is O=S(=O)(Cl)c1cc(Cl)cc(-c2ccccc2)n1. The average molecular weight is 288 g/mol. The molecule has 1 heterocycles. The maximum atomic E-state index is 11.2. The fourth-order valence-electron chi connectivity index (χ4n) is 1.36. The van der Waals surface area contributed by atoms with E-state index in [1.54, 1.807) is 6.07 Å². The zero-order chi connectivity index (χ0) is 12.5. The van der Waals surface area contributed by atoms with E-state index in [4.69, 9.17) is 22.3 Å². The lowest BCUT2D eigenvalue weighted by molar-refractivity contribution is 0.606. The van der Waals surface area contributed by atoms with Gasteiger partial charge < -0.3 is 0 Å². The molecule has 0 aliphatic carbocycles. The standard InChI is InChI=1S/C11H7Cl2NO2S/c12-9-6-10(8-4-2-1-3-5-8)14-11(7-9)17(13,15)16/h1-7H. The molecule has 0 fully saturated rings. The molecule has 1 aromatic heterocycles. The van der Waals surface area contributed by atoms with E-state index in [2.05, 4.69) is 4.98 Å². The van der Waals surface area contributed by atoms with Crippen LogP contribution in [-0.2, 0) is 9.05 Å². The number of halogens is 2. The Bertz CT molecular complexity index is 642. The van der Waals surface area contributed by atoms with Crippen LogP contribution < -0.4 is 0 Å². The summed E-state index contributed by atoms with van der Waals surface area (Å²) in [4.78, 5) is 3.97. The van der Waals surface area contributed by atoms with E-state index in [0.29, 0.717) is 5.69 Å². The van der Waals surface area contributed by atoms with Crippen molar-refractivity contribution in [3.05, 3.63) is 47.5 Å². The summed E-state index contributed by atoms with van der Waals surface area (Å²) in [6, 6.07) is 11.9. The summed E-state index contributed by atoms with van der Waals surface area (Å²) < 4.78 is 22.4. The maximum absolute atomic E-state index is 11.2. The largest absolute Gasteiger partial charge is 0.278 e. The molecule has 0 atom stereocenters. The van der Waals surface area contributed by atoms with Gasteiger partial charge in [0.15, 0.2) is 5.03 Å². The molecule has 0 radical (unpaired) electrons. The molecule has 0 unspecified atom stereocenters. The van der Waals surface area contributed by atoms with Crippen LogP contribution >= 0.6 is 22.3 Å². The minimum absolute atomic E-state index is 0.245. The molecule has 6 heteroatoms. The molecular weight excluding hydrogens is 281 g/mol. The van der Waals surface area contributed by atoms with Gasteiger partial charge in [-0.15, -0.1) is 0 Å². The molecule has 0 aliphatic rings. The van der Waals surface area contributed by atoms with Crippen molar-refractivity contribution in [3.8, 4) is 11.3 Å². The van der Waals surface area contributed by atoms with Gasteiger partial charge in [-0.05, 0) is 12.1 Å². The number of hydrogen-bond donors (Lipinski definition) is 0. The van der Waals surface area contributed by atoms with Gasteiger partial charge in [-0.3, -0.25) is 0 Å². The second kappa shape index (κ2) is 4.64. The first-order chi connectivity index (χ1) is 7.97. The lowest BCUT2D eigenvalue weighted by Gasteiger charge is -2.03. The Morgan fingerprint density at radius 3 is 2.29 bits per heavy atom. The van der Waals surface area contributed by atoms with E-state index in [-0.39, 0.29) is 10.0 Å². The molecule has 2 aromatic rings. The van der Waals surface area contributed by atoms with Crippen LogP contribution in [0.25, 0.3) is 11.3 Å². The summed E-state index contributed by atoms with van der Waals surface area (Å²) in [5.41, 5.74) is 1.24. The van der Waals surface area contributed by atoms with Crippen LogP contribution in [-0.4, -0.2) is 13.4 Å². The van der Waals surface area contributed by atoms with E-state index in [1.165, 1.54) is 6.07 Å². The van der Waals surface area contributed by atoms with Crippen molar-refractivity contribution in [1.29, 1.82) is 0 Å². The summed E-state index contributed by atoms with van der Waals surface area (Å²) in [7, 11) is 1.36. The van der Waals surface area contributed by atoms with Crippen molar-refractivity contribution in [3.63, 3.8) is 0 Å². The third-order valence-electron chi connectivity index (χ3n) is 2.09. The molecule has 3 nitrogen and oxygen atoms in total. The van der Waals surface area contributed by atoms with Crippen molar-refractivity contribution in [2.75, 3.05) is 0 Å². The molecular formula is C11H7Cl2NO2S. The fourth-order valence-corrected chi connectivity index (χ4v) is 2.34. The van der Waals surface area contributed by atoms with E-state index in [1.807, 2.05) is 30.3 Å². The van der Waals surface area contributed by atoms with E-state index in [9.17, 15) is 8.42 Å². The first-order valence-electron chi connectivity index (χ1n) is 4.64. The number of aromatic nitrogens is 1. The Kier molecular flexibility index (Phi) is 3.38. The smallest absolute Gasteiger partial charge is 0.235 e. The lowest BCUT2D eigenvalue weighted by Crippen LogP contribution is -1.96. The van der Waals surface area contributed by atoms with Crippen molar-refractivity contribution in [2.24, 2.45) is 0 Å². The van der Waals surface area contributed by atoms with Crippen LogP contribution in [0.15, 0.2) is 47.5 Å². The van der Waals surface area contributed by atoms with Gasteiger partial charge in [0, 0.05) is 21.3 Å². The van der Waals surface area contributed by atoms with Crippen LogP contribution in [0.5, 0.6) is 0 Å². The second-order valence-electron chi connectivity index (χ2n) is 3.31. The van der Waals surface area contributed by atoms with Gasteiger partial charge in [-0.2, -0.15) is 0 Å². The highest BCUT2D eigenvalue weighted by molar-refractivity contribution is 8.13. The van der Waals surface area contributed by atoms with Gasteiger partial charge in [0.05, 0.1) is 5.69 Å². The number of pyridine rings is 1. The van der Waals surface area contributed by atoms with Gasteiger partial charge in [0.1, 0.15) is 0 Å². The van der Waals surface area contributed by atoms with Crippen LogP contribution in [0, 0.1) is 0 Å². The molecule has 88 valence electrons. The lowest BCUT2D eigenvalue weighted by atomic mass is 10.1. The quantitative estimate of drug-likeness (QED) is 0.796. The van der Waals surface area contributed by atoms with Crippen molar-refractivity contribution >= 4 is 31.3 Å². The van der Waals surface area contributed by atoms with Gasteiger partial charge in [-0.25, -0.2) is 13.4 Å². The topological polar surface area (TPSA) is 47.0 Å². The molecule has 0 amide bonds. The normalized spacial score (nSPS) is 11.4. The molecule has 0 saturated carbocycles. The van der Waals surface area contributed by atoms with Crippen LogP contribution in [0.1, 0.15) is 0 Å². The zero-order valence-electron chi connectivity index (χ0n) is 8.47. The van der Waals surface area contributed by atoms with E-state index < -0.39 is 9.05 Å². The van der Waals surface area contributed by atoms with Gasteiger partial charge >= 0.3 is 0 Å². The number of nitrogens with zero attached hydrogens (tertiary/aromatic N) is 1. The van der Waals surface area contributed by atoms with Crippen molar-refractivity contribution in [2.45, 2.75) is 5.03 Å². The highest BCUT2D eigenvalue weighted by Gasteiger charge is 2.14. The summed E-state index contributed by atoms with van der Waals surface area (Å²) in [6.07, 6.45) is 0. The fraction of sp³-hybridized carbons (Fsp3) is 0. The molecule has 2 rings (SSSR count). The highest BCUT2D eigenvalue weighted by Crippen LogP contribution is 2.24. The average Bonchev–Trinajstić information content (AvgIpc) is 2.28.